The summed E-state index contributed by atoms with van der Waals surface area (Å²) in [6.07, 6.45) is -2.88. The lowest BCUT2D eigenvalue weighted by Crippen LogP contribution is -2.50. The van der Waals surface area contributed by atoms with Crippen molar-refractivity contribution in [3.63, 3.8) is 0 Å². The Morgan fingerprint density at radius 1 is 1.21 bits per heavy atom. The van der Waals surface area contributed by atoms with Crippen LogP contribution in [0.1, 0.15) is 43.7 Å². The fourth-order valence-corrected chi connectivity index (χ4v) is 5.97. The van der Waals surface area contributed by atoms with Crippen molar-refractivity contribution in [2.45, 2.75) is 62.3 Å². The highest BCUT2D eigenvalue weighted by atomic mass is 32.2. The first-order valence-corrected chi connectivity index (χ1v) is 13.3. The summed E-state index contributed by atoms with van der Waals surface area (Å²) in [7, 11) is 0. The van der Waals surface area contributed by atoms with Gasteiger partial charge in [-0.25, -0.2) is 4.98 Å². The van der Waals surface area contributed by atoms with Crippen molar-refractivity contribution in [2.24, 2.45) is 5.41 Å². The average Bonchev–Trinajstić information content (AvgIpc) is 3.15. The summed E-state index contributed by atoms with van der Waals surface area (Å²) in [6.45, 7) is 3.31. The molecule has 1 fully saturated rings. The first-order chi connectivity index (χ1) is 18.0. The number of fused-ring (bicyclic) bond motifs is 1. The second-order valence-corrected chi connectivity index (χ2v) is 11.3. The molecule has 13 heteroatoms. The minimum atomic E-state index is -1.47. The number of hydrogen-bond acceptors (Lipinski definition) is 11. The minimum Gasteiger partial charge on any atom is -0.394 e. The number of aliphatic hydroxyl groups is 3. The molecule has 0 spiro atoms. The Hall–Kier alpha value is -3.10. The van der Waals surface area contributed by atoms with Gasteiger partial charge in [0.05, 0.1) is 17.1 Å². The normalized spacial score (nSPS) is 28.3. The molecule has 1 aliphatic carbocycles. The number of nitrogens with zero attached hydrogens (tertiary/aromatic N) is 3. The third kappa shape index (κ3) is 4.24. The molecule has 2 aliphatic heterocycles. The van der Waals surface area contributed by atoms with Crippen molar-refractivity contribution in [1.29, 1.82) is 0 Å². The molecule has 1 aromatic carbocycles. The lowest BCUT2D eigenvalue weighted by atomic mass is 9.68. The number of aliphatic hydroxyl groups excluding tert-OH is 3. The molecule has 5 rings (SSSR count). The maximum atomic E-state index is 13.8. The topological polar surface area (TPSA) is 179 Å². The fourth-order valence-electron chi connectivity index (χ4n) is 5.60. The zero-order valence-electron chi connectivity index (χ0n) is 21.0. The predicted octanol–water partition coefficient (Wildman–Crippen LogP) is 1.43. The summed E-state index contributed by atoms with van der Waals surface area (Å²) < 4.78 is 5.88. The van der Waals surface area contributed by atoms with Gasteiger partial charge in [-0.3, -0.25) is 19.7 Å². The molecule has 1 aromatic heterocycles. The maximum Gasteiger partial charge on any atom is 0.269 e. The molecular weight excluding hydrogens is 516 g/mol. The molecule has 38 heavy (non-hydrogen) atoms. The summed E-state index contributed by atoms with van der Waals surface area (Å²) in [4.78, 5) is 46.9. The number of aromatic amines is 1. The van der Waals surface area contributed by atoms with Gasteiger partial charge in [0, 0.05) is 35.7 Å². The molecular formula is C25H28N4O8S. The number of ketones is 1. The van der Waals surface area contributed by atoms with Crippen LogP contribution in [0.25, 0.3) is 0 Å². The third-order valence-electron chi connectivity index (χ3n) is 7.31. The van der Waals surface area contributed by atoms with Gasteiger partial charge < -0.3 is 29.9 Å². The number of ether oxygens (including phenoxy) is 1. The summed E-state index contributed by atoms with van der Waals surface area (Å²) in [5.41, 5.74) is 0.309. The molecule has 5 atom stereocenters. The molecule has 1 saturated heterocycles. The molecule has 2 aromatic rings. The smallest absolute Gasteiger partial charge is 0.269 e. The number of Topliss-reactive ketones (excluding diaryl/α,β-unsaturated/α-hetero) is 1. The van der Waals surface area contributed by atoms with Gasteiger partial charge >= 0.3 is 0 Å². The Balaban J connectivity index is 1.80. The van der Waals surface area contributed by atoms with Crippen LogP contribution < -0.4 is 10.5 Å². The van der Waals surface area contributed by atoms with E-state index in [-0.39, 0.29) is 29.3 Å². The SMILES string of the molecule is CSc1nc2c(c(=O)[nH]1)C(c1ccc([N+](=O)[O-])cc1)C1=C(CC(C)(C)CC1=O)N2[C@@H]1O[C@H](CO)[C@@H](O)[C@@H]1O. The number of nitro groups is 1. The van der Waals surface area contributed by atoms with E-state index in [1.807, 2.05) is 13.8 Å². The van der Waals surface area contributed by atoms with E-state index in [1.165, 1.54) is 40.9 Å². The number of rotatable bonds is 5. The van der Waals surface area contributed by atoms with Gasteiger partial charge in [-0.05, 0) is 23.7 Å². The number of H-pyrrole nitrogens is 1. The number of non-ortho nitro benzene ring substituents is 1. The predicted molar refractivity (Wildman–Crippen MR) is 137 cm³/mol. The van der Waals surface area contributed by atoms with Crippen LogP contribution in [-0.4, -0.2) is 73.4 Å². The molecule has 4 N–H and O–H groups in total. The second-order valence-electron chi connectivity index (χ2n) is 10.5. The Morgan fingerprint density at radius 2 is 1.89 bits per heavy atom. The highest BCUT2D eigenvalue weighted by Gasteiger charge is 2.52. The fraction of sp³-hybridized carbons (Fsp3) is 0.480. The van der Waals surface area contributed by atoms with Crippen LogP contribution in [0.4, 0.5) is 11.5 Å². The quantitative estimate of drug-likeness (QED) is 0.185. The summed E-state index contributed by atoms with van der Waals surface area (Å²) >= 11 is 1.19. The molecule has 3 heterocycles. The van der Waals surface area contributed by atoms with E-state index in [0.29, 0.717) is 28.4 Å². The van der Waals surface area contributed by atoms with Gasteiger partial charge in [0.1, 0.15) is 24.1 Å². The van der Waals surface area contributed by atoms with Crippen molar-refractivity contribution >= 4 is 29.1 Å². The Labute approximate surface area is 221 Å². The summed E-state index contributed by atoms with van der Waals surface area (Å²) in [5.74, 6) is -0.930. The third-order valence-corrected chi connectivity index (χ3v) is 7.89. The van der Waals surface area contributed by atoms with Crippen molar-refractivity contribution < 1.29 is 29.8 Å². The zero-order valence-corrected chi connectivity index (χ0v) is 21.8. The van der Waals surface area contributed by atoms with Crippen LogP contribution in [0, 0.1) is 15.5 Å². The molecule has 0 saturated carbocycles. The van der Waals surface area contributed by atoms with Crippen LogP contribution >= 0.6 is 11.8 Å². The number of benzene rings is 1. The first kappa shape index (κ1) is 26.5. The standard InChI is InChI=1S/C25H28N4O8S/c1-25(2)8-13-17(14(31)9-25)16(11-4-6-12(7-5-11)29(35)36)18-21(26-24(38-3)27-22(18)34)28(13)23-20(33)19(32)15(10-30)37-23/h4-7,15-16,19-20,23,30,32-33H,8-10H2,1-3H3,(H,26,27,34)/t15-,16?,19-,20+,23-/m1/s1. The lowest BCUT2D eigenvalue weighted by Gasteiger charge is -2.46. The largest absolute Gasteiger partial charge is 0.394 e. The highest BCUT2D eigenvalue weighted by Crippen LogP contribution is 2.52. The average molecular weight is 545 g/mol. The Bertz CT molecular complexity index is 1390. The summed E-state index contributed by atoms with van der Waals surface area (Å²) in [6, 6.07) is 5.69. The van der Waals surface area contributed by atoms with Gasteiger partial charge in [0.2, 0.25) is 0 Å². The van der Waals surface area contributed by atoms with E-state index in [4.69, 9.17) is 4.74 Å². The van der Waals surface area contributed by atoms with Gasteiger partial charge in [0.25, 0.3) is 11.2 Å². The van der Waals surface area contributed by atoms with Crippen LogP contribution in [0.5, 0.6) is 0 Å². The molecule has 12 nitrogen and oxygen atoms in total. The van der Waals surface area contributed by atoms with Gasteiger partial charge in [-0.15, -0.1) is 0 Å². The van der Waals surface area contributed by atoms with E-state index in [9.17, 15) is 35.0 Å². The van der Waals surface area contributed by atoms with Gasteiger partial charge in [-0.2, -0.15) is 0 Å². The van der Waals surface area contributed by atoms with E-state index < -0.39 is 53.0 Å². The molecule has 0 amide bonds. The number of nitro benzene ring substituents is 1. The van der Waals surface area contributed by atoms with E-state index in [1.54, 1.807) is 6.26 Å². The Morgan fingerprint density at radius 3 is 2.47 bits per heavy atom. The van der Waals surface area contributed by atoms with E-state index >= 15 is 0 Å². The number of allylic oxidation sites excluding steroid dienone is 2. The number of aromatic nitrogens is 2. The molecule has 0 bridgehead atoms. The molecule has 0 radical (unpaired) electrons. The minimum absolute atomic E-state index is 0.126. The second kappa shape index (κ2) is 9.58. The van der Waals surface area contributed by atoms with Crippen molar-refractivity contribution in [2.75, 3.05) is 17.8 Å². The van der Waals surface area contributed by atoms with Crippen LogP contribution in [0.3, 0.4) is 0 Å². The number of carbonyl (C=O) groups is 1. The van der Waals surface area contributed by atoms with E-state index in [0.717, 1.165) is 0 Å². The van der Waals surface area contributed by atoms with E-state index in [2.05, 4.69) is 9.97 Å². The molecule has 1 unspecified atom stereocenters. The van der Waals surface area contributed by atoms with Gasteiger partial charge in [-0.1, -0.05) is 37.7 Å². The highest BCUT2D eigenvalue weighted by molar-refractivity contribution is 7.98. The first-order valence-electron chi connectivity index (χ1n) is 12.1. The molecule has 202 valence electrons. The van der Waals surface area contributed by atoms with Crippen molar-refractivity contribution in [3.8, 4) is 0 Å². The van der Waals surface area contributed by atoms with Crippen molar-refractivity contribution in [3.05, 3.63) is 67.1 Å². The number of thioether (sulfide) groups is 1. The number of hydrogen-bond donors (Lipinski definition) is 4. The van der Waals surface area contributed by atoms with Crippen LogP contribution in [-0.2, 0) is 9.53 Å². The van der Waals surface area contributed by atoms with Gasteiger partial charge in [0.15, 0.2) is 17.2 Å². The van der Waals surface area contributed by atoms with Crippen LogP contribution in [0.2, 0.25) is 0 Å². The zero-order chi connectivity index (χ0) is 27.5. The number of nitrogens with one attached hydrogen (secondary N) is 1. The summed E-state index contributed by atoms with van der Waals surface area (Å²) in [5, 5.41) is 42.7. The maximum absolute atomic E-state index is 13.8. The monoisotopic (exact) mass is 544 g/mol. The molecule has 3 aliphatic rings. The van der Waals surface area contributed by atoms with Crippen molar-refractivity contribution in [1.82, 2.24) is 9.97 Å². The number of anilines is 1. The Kier molecular flexibility index (Phi) is 6.68. The lowest BCUT2D eigenvalue weighted by molar-refractivity contribution is -0.384. The number of carbonyl (C=O) groups excluding carboxylic acids is 1. The van der Waals surface area contributed by atoms with Crippen LogP contribution in [0.15, 0.2) is 45.5 Å².